The van der Waals surface area contributed by atoms with Crippen molar-refractivity contribution in [2.24, 2.45) is 11.0 Å². The maximum absolute atomic E-state index is 12.5. The lowest BCUT2D eigenvalue weighted by Gasteiger charge is -2.35. The Balaban J connectivity index is 1.58. The zero-order chi connectivity index (χ0) is 17.1. The van der Waals surface area contributed by atoms with Gasteiger partial charge in [-0.15, -0.1) is 0 Å². The smallest absolute Gasteiger partial charge is 0.270 e. The van der Waals surface area contributed by atoms with Gasteiger partial charge in [0.1, 0.15) is 5.71 Å². The zero-order valence-corrected chi connectivity index (χ0v) is 13.9. The minimum absolute atomic E-state index is 0.0590. The number of aliphatic hydroxyl groups excluding tert-OH is 1. The third kappa shape index (κ3) is 3.48. The molecule has 2 amide bonds. The number of carbonyl (C=O) groups excluding carboxylic acids is 2. The molecule has 0 aliphatic carbocycles. The van der Waals surface area contributed by atoms with E-state index in [4.69, 9.17) is 0 Å². The third-order valence-electron chi connectivity index (χ3n) is 4.87. The van der Waals surface area contributed by atoms with Crippen LogP contribution in [0.1, 0.15) is 37.4 Å². The van der Waals surface area contributed by atoms with Gasteiger partial charge in [0, 0.05) is 33.0 Å². The Morgan fingerprint density at radius 3 is 2.50 bits per heavy atom. The van der Waals surface area contributed by atoms with Crippen molar-refractivity contribution in [1.29, 1.82) is 0 Å². The molecule has 0 aromatic heterocycles. The van der Waals surface area contributed by atoms with Crippen LogP contribution in [0.5, 0.6) is 0 Å². The molecule has 3 rings (SSSR count). The summed E-state index contributed by atoms with van der Waals surface area (Å²) >= 11 is 0. The Labute approximate surface area is 141 Å². The normalized spacial score (nSPS) is 20.8. The van der Waals surface area contributed by atoms with Crippen molar-refractivity contribution in [3.63, 3.8) is 0 Å². The molecule has 0 saturated carbocycles. The largest absolute Gasteiger partial charge is 0.388 e. The molecule has 0 bridgehead atoms. The molecule has 2 aliphatic heterocycles. The van der Waals surface area contributed by atoms with E-state index in [1.165, 1.54) is 5.01 Å². The predicted octanol–water partition coefficient (Wildman–Crippen LogP) is 1.57. The Bertz CT molecular complexity index is 636. The van der Waals surface area contributed by atoms with Gasteiger partial charge in [0.05, 0.1) is 6.10 Å². The standard InChI is InChI=1S/C18H23N3O3/c1-20-16(22)8-7-15(19-20)18(24)21-11-9-14(10-12-21)17(23)13-5-3-2-4-6-13/h2-6,14,17,23H,7-12H2,1H3/t17-/m1/s1. The van der Waals surface area contributed by atoms with Gasteiger partial charge in [-0.2, -0.15) is 5.10 Å². The molecule has 0 radical (unpaired) electrons. The molecule has 6 nitrogen and oxygen atoms in total. The van der Waals surface area contributed by atoms with E-state index in [1.54, 1.807) is 11.9 Å². The summed E-state index contributed by atoms with van der Waals surface area (Å²) in [6.07, 6.45) is 1.80. The molecule has 1 aromatic carbocycles. The van der Waals surface area contributed by atoms with Crippen LogP contribution in [-0.2, 0) is 9.59 Å². The predicted molar refractivity (Wildman–Crippen MR) is 90.1 cm³/mol. The summed E-state index contributed by atoms with van der Waals surface area (Å²) in [6, 6.07) is 9.66. The van der Waals surface area contributed by atoms with Crippen LogP contribution in [0.3, 0.4) is 0 Å². The highest BCUT2D eigenvalue weighted by Crippen LogP contribution is 2.30. The molecular formula is C18H23N3O3. The first-order valence-electron chi connectivity index (χ1n) is 8.42. The number of benzene rings is 1. The Morgan fingerprint density at radius 1 is 1.21 bits per heavy atom. The molecule has 1 N–H and O–H groups in total. The van der Waals surface area contributed by atoms with Crippen molar-refractivity contribution >= 4 is 17.5 Å². The average molecular weight is 329 g/mol. The lowest BCUT2D eigenvalue weighted by molar-refractivity contribution is -0.131. The van der Waals surface area contributed by atoms with E-state index in [2.05, 4.69) is 5.10 Å². The zero-order valence-electron chi connectivity index (χ0n) is 13.9. The minimum Gasteiger partial charge on any atom is -0.388 e. The molecule has 0 unspecified atom stereocenters. The van der Waals surface area contributed by atoms with Crippen LogP contribution in [0.4, 0.5) is 0 Å². The number of aliphatic hydroxyl groups is 1. The van der Waals surface area contributed by atoms with Gasteiger partial charge in [-0.1, -0.05) is 30.3 Å². The van der Waals surface area contributed by atoms with Crippen molar-refractivity contribution < 1.29 is 14.7 Å². The highest BCUT2D eigenvalue weighted by molar-refractivity contribution is 6.39. The van der Waals surface area contributed by atoms with E-state index in [0.29, 0.717) is 31.6 Å². The fourth-order valence-corrected chi connectivity index (χ4v) is 3.35. The number of rotatable bonds is 3. The van der Waals surface area contributed by atoms with E-state index in [0.717, 1.165) is 18.4 Å². The monoisotopic (exact) mass is 329 g/mol. The van der Waals surface area contributed by atoms with Crippen molar-refractivity contribution in [3.05, 3.63) is 35.9 Å². The molecule has 24 heavy (non-hydrogen) atoms. The molecule has 1 fully saturated rings. The van der Waals surface area contributed by atoms with Gasteiger partial charge in [0.25, 0.3) is 5.91 Å². The molecule has 2 aliphatic rings. The van der Waals surface area contributed by atoms with Gasteiger partial charge in [-0.3, -0.25) is 9.59 Å². The average Bonchev–Trinajstić information content (AvgIpc) is 2.63. The van der Waals surface area contributed by atoms with Crippen LogP contribution in [0, 0.1) is 5.92 Å². The maximum Gasteiger partial charge on any atom is 0.270 e. The van der Waals surface area contributed by atoms with Crippen molar-refractivity contribution in [2.75, 3.05) is 20.1 Å². The summed E-state index contributed by atoms with van der Waals surface area (Å²) < 4.78 is 0. The number of likely N-dealkylation sites (tertiary alicyclic amines) is 1. The van der Waals surface area contributed by atoms with E-state index >= 15 is 0 Å². The molecule has 1 aromatic rings. The van der Waals surface area contributed by atoms with Gasteiger partial charge in [-0.05, 0) is 24.3 Å². The molecule has 0 spiro atoms. The highest BCUT2D eigenvalue weighted by atomic mass is 16.3. The van der Waals surface area contributed by atoms with Gasteiger partial charge < -0.3 is 10.0 Å². The first-order chi connectivity index (χ1) is 11.6. The molecular weight excluding hydrogens is 306 g/mol. The lowest BCUT2D eigenvalue weighted by Crippen LogP contribution is -2.45. The first kappa shape index (κ1) is 16.6. The summed E-state index contributed by atoms with van der Waals surface area (Å²) in [7, 11) is 1.58. The van der Waals surface area contributed by atoms with Gasteiger partial charge in [0.2, 0.25) is 5.91 Å². The van der Waals surface area contributed by atoms with E-state index in [1.807, 2.05) is 30.3 Å². The summed E-state index contributed by atoms with van der Waals surface area (Å²) in [5.74, 6) is 0.0206. The van der Waals surface area contributed by atoms with Crippen LogP contribution >= 0.6 is 0 Å². The molecule has 128 valence electrons. The van der Waals surface area contributed by atoms with E-state index in [9.17, 15) is 14.7 Å². The molecule has 6 heteroatoms. The Hall–Kier alpha value is -2.21. The fourth-order valence-electron chi connectivity index (χ4n) is 3.35. The van der Waals surface area contributed by atoms with Crippen LogP contribution < -0.4 is 0 Å². The first-order valence-corrected chi connectivity index (χ1v) is 8.42. The van der Waals surface area contributed by atoms with Crippen molar-refractivity contribution in [2.45, 2.75) is 31.8 Å². The number of hydrogen-bond donors (Lipinski definition) is 1. The van der Waals surface area contributed by atoms with Gasteiger partial charge in [-0.25, -0.2) is 5.01 Å². The highest BCUT2D eigenvalue weighted by Gasteiger charge is 2.31. The van der Waals surface area contributed by atoms with Crippen LogP contribution in [0.2, 0.25) is 0 Å². The summed E-state index contributed by atoms with van der Waals surface area (Å²) in [5.41, 5.74) is 1.39. The summed E-state index contributed by atoms with van der Waals surface area (Å²) in [5, 5.41) is 15.9. The number of nitrogens with zero attached hydrogens (tertiary/aromatic N) is 3. The Kier molecular flexibility index (Phi) is 4.94. The number of carbonyl (C=O) groups is 2. The van der Waals surface area contributed by atoms with Crippen LogP contribution in [-0.4, -0.2) is 52.7 Å². The van der Waals surface area contributed by atoms with Crippen LogP contribution in [0.25, 0.3) is 0 Å². The summed E-state index contributed by atoms with van der Waals surface area (Å²) in [6.45, 7) is 1.23. The third-order valence-corrected chi connectivity index (χ3v) is 4.87. The topological polar surface area (TPSA) is 73.2 Å². The van der Waals surface area contributed by atoms with Gasteiger partial charge in [0.15, 0.2) is 0 Å². The Morgan fingerprint density at radius 2 is 1.88 bits per heavy atom. The van der Waals surface area contributed by atoms with Crippen LogP contribution in [0.15, 0.2) is 35.4 Å². The maximum atomic E-state index is 12.5. The quantitative estimate of drug-likeness (QED) is 0.915. The number of piperidine rings is 1. The van der Waals surface area contributed by atoms with Gasteiger partial charge >= 0.3 is 0 Å². The number of hydrazone groups is 1. The summed E-state index contributed by atoms with van der Waals surface area (Å²) in [4.78, 5) is 25.8. The number of amides is 2. The van der Waals surface area contributed by atoms with Crippen molar-refractivity contribution in [3.8, 4) is 0 Å². The minimum atomic E-state index is -0.487. The second-order valence-corrected chi connectivity index (χ2v) is 6.45. The van der Waals surface area contributed by atoms with E-state index in [-0.39, 0.29) is 17.7 Å². The fraction of sp³-hybridized carbons (Fsp3) is 0.500. The second kappa shape index (κ2) is 7.13. The molecule has 1 atom stereocenters. The SMILES string of the molecule is CN1N=C(C(=O)N2CCC([C@H](O)c3ccccc3)CC2)CCC1=O. The van der Waals surface area contributed by atoms with E-state index < -0.39 is 6.10 Å². The lowest BCUT2D eigenvalue weighted by atomic mass is 9.87. The molecule has 1 saturated heterocycles. The molecule has 2 heterocycles. The second-order valence-electron chi connectivity index (χ2n) is 6.45. The number of hydrogen-bond acceptors (Lipinski definition) is 4. The van der Waals surface area contributed by atoms with Crippen molar-refractivity contribution in [1.82, 2.24) is 9.91 Å².